The summed E-state index contributed by atoms with van der Waals surface area (Å²) in [6.45, 7) is 4.48. The smallest absolute Gasteiger partial charge is 0.251 e. The van der Waals surface area contributed by atoms with E-state index in [0.29, 0.717) is 6.61 Å². The Labute approximate surface area is 88.9 Å². The summed E-state index contributed by atoms with van der Waals surface area (Å²) < 4.78 is 10.3. The fraction of sp³-hybridized carbons (Fsp3) is 0.889. The fourth-order valence-corrected chi connectivity index (χ4v) is 0.929. The molecule has 1 unspecified atom stereocenters. The van der Waals surface area contributed by atoms with Crippen LogP contribution >= 0.6 is 0 Å². The highest BCUT2D eigenvalue weighted by molar-refractivity contribution is 5.84. The predicted molar refractivity (Wildman–Crippen MR) is 53.0 cm³/mol. The summed E-state index contributed by atoms with van der Waals surface area (Å²) in [7, 11) is 0. The van der Waals surface area contributed by atoms with Gasteiger partial charge in [0.05, 0.1) is 19.9 Å². The molecule has 0 saturated carbocycles. The van der Waals surface area contributed by atoms with Gasteiger partial charge in [-0.3, -0.25) is 10.1 Å². The molecule has 0 aromatic heterocycles. The van der Waals surface area contributed by atoms with E-state index in [2.05, 4.69) is 10.6 Å². The molecule has 15 heavy (non-hydrogen) atoms. The van der Waals surface area contributed by atoms with Gasteiger partial charge in [0.1, 0.15) is 11.8 Å². The van der Waals surface area contributed by atoms with Gasteiger partial charge in [-0.1, -0.05) is 0 Å². The van der Waals surface area contributed by atoms with Gasteiger partial charge in [-0.05, 0) is 13.8 Å². The lowest BCUT2D eigenvalue weighted by atomic mass is 10.1. The van der Waals surface area contributed by atoms with Gasteiger partial charge >= 0.3 is 0 Å². The zero-order chi connectivity index (χ0) is 11.3. The summed E-state index contributed by atoms with van der Waals surface area (Å²) in [6, 6.07) is 0. The van der Waals surface area contributed by atoms with E-state index in [1.807, 2.05) is 0 Å². The topological polar surface area (TPSA) is 83.1 Å². The van der Waals surface area contributed by atoms with Crippen LogP contribution in [0.4, 0.5) is 0 Å². The molecular weight excluding hydrogens is 200 g/mol. The molecule has 6 nitrogen and oxygen atoms in total. The van der Waals surface area contributed by atoms with Crippen LogP contribution in [0.15, 0.2) is 0 Å². The number of aliphatic hydroxyl groups excluding tert-OH is 1. The van der Waals surface area contributed by atoms with E-state index in [1.54, 1.807) is 13.8 Å². The van der Waals surface area contributed by atoms with Gasteiger partial charge in [0.2, 0.25) is 0 Å². The maximum absolute atomic E-state index is 11.5. The van der Waals surface area contributed by atoms with E-state index in [-0.39, 0.29) is 32.0 Å². The van der Waals surface area contributed by atoms with Crippen molar-refractivity contribution in [2.24, 2.45) is 0 Å². The molecule has 0 aromatic carbocycles. The van der Waals surface area contributed by atoms with Gasteiger partial charge in [-0.2, -0.15) is 0 Å². The van der Waals surface area contributed by atoms with Crippen molar-refractivity contribution in [3.8, 4) is 0 Å². The SMILES string of the molecule is CC(C)(OCNC1CO1)C(=O)NCCO. The Kier molecular flexibility index (Phi) is 4.46. The molecule has 1 amide bonds. The van der Waals surface area contributed by atoms with Crippen LogP contribution < -0.4 is 10.6 Å². The Hall–Kier alpha value is -0.690. The number of amides is 1. The van der Waals surface area contributed by atoms with Crippen molar-refractivity contribution in [2.75, 3.05) is 26.5 Å². The van der Waals surface area contributed by atoms with E-state index in [4.69, 9.17) is 14.6 Å². The second-order valence-electron chi connectivity index (χ2n) is 3.80. The van der Waals surface area contributed by atoms with Crippen LogP contribution in [0.5, 0.6) is 0 Å². The minimum atomic E-state index is -0.906. The first-order valence-corrected chi connectivity index (χ1v) is 4.94. The summed E-state index contributed by atoms with van der Waals surface area (Å²) >= 11 is 0. The van der Waals surface area contributed by atoms with E-state index in [1.165, 1.54) is 0 Å². The second-order valence-corrected chi connectivity index (χ2v) is 3.80. The largest absolute Gasteiger partial charge is 0.395 e. The van der Waals surface area contributed by atoms with Gasteiger partial charge in [-0.25, -0.2) is 0 Å². The molecule has 1 rings (SSSR count). The lowest BCUT2D eigenvalue weighted by Crippen LogP contribution is -2.46. The summed E-state index contributed by atoms with van der Waals surface area (Å²) in [6.07, 6.45) is 0.0707. The average Bonchev–Trinajstić information content (AvgIpc) is 2.97. The number of carbonyl (C=O) groups excluding carboxylic acids is 1. The van der Waals surface area contributed by atoms with E-state index in [0.717, 1.165) is 0 Å². The number of rotatable bonds is 7. The minimum Gasteiger partial charge on any atom is -0.395 e. The van der Waals surface area contributed by atoms with Crippen LogP contribution in [0.3, 0.4) is 0 Å². The van der Waals surface area contributed by atoms with Crippen molar-refractivity contribution in [1.29, 1.82) is 0 Å². The maximum atomic E-state index is 11.5. The van der Waals surface area contributed by atoms with E-state index >= 15 is 0 Å². The zero-order valence-electron chi connectivity index (χ0n) is 9.08. The van der Waals surface area contributed by atoms with Crippen LogP contribution in [0.2, 0.25) is 0 Å². The van der Waals surface area contributed by atoms with Gasteiger partial charge in [-0.15, -0.1) is 0 Å². The molecule has 1 atom stereocenters. The molecule has 1 heterocycles. The number of hydrogen-bond acceptors (Lipinski definition) is 5. The van der Waals surface area contributed by atoms with Gasteiger partial charge in [0.15, 0.2) is 0 Å². The van der Waals surface area contributed by atoms with E-state index < -0.39 is 5.60 Å². The Bertz CT molecular complexity index is 216. The highest BCUT2D eigenvalue weighted by Crippen LogP contribution is 2.09. The molecule has 1 aliphatic rings. The van der Waals surface area contributed by atoms with Crippen LogP contribution in [-0.4, -0.2) is 49.3 Å². The third-order valence-electron chi connectivity index (χ3n) is 2.02. The highest BCUT2D eigenvalue weighted by atomic mass is 16.6. The molecule has 0 spiro atoms. The van der Waals surface area contributed by atoms with Crippen LogP contribution in [-0.2, 0) is 14.3 Å². The maximum Gasteiger partial charge on any atom is 0.251 e. The molecule has 1 aliphatic heterocycles. The Morgan fingerprint density at radius 3 is 2.87 bits per heavy atom. The monoisotopic (exact) mass is 218 g/mol. The molecule has 6 heteroatoms. The van der Waals surface area contributed by atoms with Crippen molar-refractivity contribution in [3.63, 3.8) is 0 Å². The van der Waals surface area contributed by atoms with Crippen molar-refractivity contribution in [1.82, 2.24) is 10.6 Å². The number of carbonyl (C=O) groups is 1. The molecule has 3 N–H and O–H groups in total. The second kappa shape index (κ2) is 5.41. The molecule has 0 bridgehead atoms. The minimum absolute atomic E-state index is 0.0707. The first-order valence-electron chi connectivity index (χ1n) is 4.94. The lowest BCUT2D eigenvalue weighted by Gasteiger charge is -2.23. The Balaban J connectivity index is 2.18. The Morgan fingerprint density at radius 2 is 2.33 bits per heavy atom. The summed E-state index contributed by atoms with van der Waals surface area (Å²) in [5.41, 5.74) is -0.906. The summed E-state index contributed by atoms with van der Waals surface area (Å²) in [5.74, 6) is -0.241. The molecule has 0 aliphatic carbocycles. The van der Waals surface area contributed by atoms with Gasteiger partial charge in [0, 0.05) is 6.54 Å². The van der Waals surface area contributed by atoms with Crippen LogP contribution in [0.1, 0.15) is 13.8 Å². The normalized spacial score (nSPS) is 20.1. The number of epoxide rings is 1. The lowest BCUT2D eigenvalue weighted by molar-refractivity contribution is -0.144. The quantitative estimate of drug-likeness (QED) is 0.369. The number of ether oxygens (including phenoxy) is 2. The molecule has 0 radical (unpaired) electrons. The summed E-state index contributed by atoms with van der Waals surface area (Å²) in [5, 5.41) is 14.1. The molecule has 88 valence electrons. The highest BCUT2D eigenvalue weighted by Gasteiger charge is 2.29. The zero-order valence-corrected chi connectivity index (χ0v) is 9.08. The number of aliphatic hydroxyl groups is 1. The fourth-order valence-electron chi connectivity index (χ4n) is 0.929. The molecule has 0 aromatic rings. The Morgan fingerprint density at radius 1 is 1.67 bits per heavy atom. The van der Waals surface area contributed by atoms with Gasteiger partial charge in [0.25, 0.3) is 5.91 Å². The molecule has 1 saturated heterocycles. The standard InChI is InChI=1S/C9H18N2O4/c1-9(2,8(13)10-3-4-12)15-6-11-7-5-14-7/h7,11-12H,3-6H2,1-2H3,(H,10,13). The number of nitrogens with one attached hydrogen (secondary N) is 2. The van der Waals surface area contributed by atoms with Crippen molar-refractivity contribution in [2.45, 2.75) is 25.7 Å². The average molecular weight is 218 g/mol. The van der Waals surface area contributed by atoms with Crippen molar-refractivity contribution >= 4 is 5.91 Å². The van der Waals surface area contributed by atoms with Crippen LogP contribution in [0.25, 0.3) is 0 Å². The third-order valence-corrected chi connectivity index (χ3v) is 2.02. The third kappa shape index (κ3) is 4.57. The number of hydrogen-bond donors (Lipinski definition) is 3. The van der Waals surface area contributed by atoms with Crippen molar-refractivity contribution in [3.05, 3.63) is 0 Å². The predicted octanol–water partition coefficient (Wildman–Crippen LogP) is -1.21. The van der Waals surface area contributed by atoms with Crippen molar-refractivity contribution < 1.29 is 19.4 Å². The molecule has 1 fully saturated rings. The van der Waals surface area contributed by atoms with Crippen LogP contribution in [0, 0.1) is 0 Å². The summed E-state index contributed by atoms with van der Waals surface area (Å²) in [4.78, 5) is 11.5. The van der Waals surface area contributed by atoms with E-state index in [9.17, 15) is 4.79 Å². The first-order chi connectivity index (χ1) is 7.06. The molecular formula is C9H18N2O4. The van der Waals surface area contributed by atoms with Gasteiger partial charge < -0.3 is 19.9 Å². The first kappa shape index (κ1) is 12.4.